The van der Waals surface area contributed by atoms with Crippen molar-refractivity contribution in [2.24, 2.45) is 0 Å². The monoisotopic (exact) mass is 367 g/mol. The molecule has 2 heterocycles. The van der Waals surface area contributed by atoms with E-state index in [9.17, 15) is 4.79 Å². The van der Waals surface area contributed by atoms with Crippen LogP contribution in [0.4, 0.5) is 0 Å². The lowest BCUT2D eigenvalue weighted by molar-refractivity contribution is -0.136. The van der Waals surface area contributed by atoms with Crippen LogP contribution in [0.15, 0.2) is 24.3 Å². The predicted molar refractivity (Wildman–Crippen MR) is 97.2 cm³/mol. The van der Waals surface area contributed by atoms with Gasteiger partial charge < -0.3 is 14.4 Å². The third-order valence-corrected chi connectivity index (χ3v) is 4.93. The molecule has 0 bridgehead atoms. The Morgan fingerprint density at radius 1 is 1.00 bits per heavy atom. The van der Waals surface area contributed by atoms with Crippen molar-refractivity contribution in [2.45, 2.75) is 0 Å². The van der Waals surface area contributed by atoms with E-state index in [0.29, 0.717) is 26.4 Å². The van der Waals surface area contributed by atoms with Crippen LogP contribution in [0.2, 0.25) is 5.02 Å². The van der Waals surface area contributed by atoms with Gasteiger partial charge in [-0.2, -0.15) is 0 Å². The molecular weight excluding hydrogens is 342 g/mol. The van der Waals surface area contributed by atoms with E-state index in [1.807, 2.05) is 29.2 Å². The highest BCUT2D eigenvalue weighted by atomic mass is 35.5. The highest BCUT2D eigenvalue weighted by Gasteiger charge is 2.22. The first-order valence-electron chi connectivity index (χ1n) is 8.89. The summed E-state index contributed by atoms with van der Waals surface area (Å²) in [6.45, 7) is 8.65. The number of nitrogens with zero attached hydrogens (tertiary/aromatic N) is 3. The molecule has 2 saturated heterocycles. The summed E-state index contributed by atoms with van der Waals surface area (Å²) in [6, 6.07) is 7.44. The second kappa shape index (κ2) is 9.38. The third-order valence-electron chi connectivity index (χ3n) is 4.68. The van der Waals surface area contributed by atoms with E-state index in [2.05, 4.69) is 9.80 Å². The first-order chi connectivity index (χ1) is 12.2. The van der Waals surface area contributed by atoms with Gasteiger partial charge in [-0.25, -0.2) is 0 Å². The molecule has 0 spiro atoms. The molecule has 6 nitrogen and oxygen atoms in total. The maximum absolute atomic E-state index is 12.3. The van der Waals surface area contributed by atoms with Crippen molar-refractivity contribution < 1.29 is 14.3 Å². The Hall–Kier alpha value is -1.34. The Kier molecular flexibility index (Phi) is 6.93. The number of carbonyl (C=O) groups excluding carboxylic acids is 1. The molecule has 7 heteroatoms. The number of amides is 1. The number of piperazine rings is 1. The number of morpholine rings is 1. The van der Waals surface area contributed by atoms with Crippen LogP contribution in [0.3, 0.4) is 0 Å². The van der Waals surface area contributed by atoms with E-state index in [1.54, 1.807) is 0 Å². The van der Waals surface area contributed by atoms with Gasteiger partial charge in [-0.15, -0.1) is 0 Å². The molecule has 1 aromatic carbocycles. The van der Waals surface area contributed by atoms with Crippen LogP contribution >= 0.6 is 11.6 Å². The fraction of sp³-hybridized carbons (Fsp3) is 0.611. The predicted octanol–water partition coefficient (Wildman–Crippen LogP) is 1.20. The molecule has 2 aliphatic rings. The zero-order valence-corrected chi connectivity index (χ0v) is 15.3. The average molecular weight is 368 g/mol. The van der Waals surface area contributed by atoms with Gasteiger partial charge >= 0.3 is 0 Å². The first-order valence-corrected chi connectivity index (χ1v) is 9.27. The van der Waals surface area contributed by atoms with Crippen LogP contribution in [0, 0.1) is 0 Å². The van der Waals surface area contributed by atoms with Crippen LogP contribution in [0.1, 0.15) is 0 Å². The van der Waals surface area contributed by atoms with Crippen LogP contribution in [0.5, 0.6) is 5.75 Å². The minimum absolute atomic E-state index is 0.225. The molecule has 0 aromatic heterocycles. The van der Waals surface area contributed by atoms with Gasteiger partial charge in [0.25, 0.3) is 0 Å². The molecule has 2 aliphatic heterocycles. The van der Waals surface area contributed by atoms with Gasteiger partial charge in [0.15, 0.2) is 0 Å². The first kappa shape index (κ1) is 18.5. The van der Waals surface area contributed by atoms with Gasteiger partial charge in [0.05, 0.1) is 19.8 Å². The zero-order valence-electron chi connectivity index (χ0n) is 14.5. The summed E-state index contributed by atoms with van der Waals surface area (Å²) >= 11 is 5.87. The van der Waals surface area contributed by atoms with Crippen molar-refractivity contribution in [3.63, 3.8) is 0 Å². The Morgan fingerprint density at radius 2 is 1.64 bits per heavy atom. The fourth-order valence-electron chi connectivity index (χ4n) is 3.10. The van der Waals surface area contributed by atoms with E-state index < -0.39 is 0 Å². The number of benzene rings is 1. The molecule has 2 fully saturated rings. The average Bonchev–Trinajstić information content (AvgIpc) is 2.65. The molecule has 25 heavy (non-hydrogen) atoms. The van der Waals surface area contributed by atoms with Gasteiger partial charge in [0.1, 0.15) is 12.4 Å². The normalized spacial score (nSPS) is 19.8. The van der Waals surface area contributed by atoms with E-state index in [-0.39, 0.29) is 5.91 Å². The van der Waals surface area contributed by atoms with Gasteiger partial charge in [0.2, 0.25) is 5.91 Å². The van der Waals surface area contributed by atoms with E-state index >= 15 is 0 Å². The highest BCUT2D eigenvalue weighted by Crippen LogP contribution is 2.15. The van der Waals surface area contributed by atoms with Crippen LogP contribution in [-0.2, 0) is 9.53 Å². The zero-order chi connectivity index (χ0) is 17.5. The second-order valence-electron chi connectivity index (χ2n) is 6.41. The minimum atomic E-state index is 0.225. The Balaban J connectivity index is 1.31. The quantitative estimate of drug-likeness (QED) is 0.756. The Morgan fingerprint density at radius 3 is 2.32 bits per heavy atom. The molecule has 0 N–H and O–H groups in total. The van der Waals surface area contributed by atoms with Gasteiger partial charge in [0, 0.05) is 50.8 Å². The summed E-state index contributed by atoms with van der Waals surface area (Å²) in [7, 11) is 0. The number of hydrogen-bond acceptors (Lipinski definition) is 5. The lowest BCUT2D eigenvalue weighted by Gasteiger charge is -2.35. The molecule has 3 rings (SSSR count). The van der Waals surface area contributed by atoms with Gasteiger partial charge in [-0.05, 0) is 24.3 Å². The molecule has 0 radical (unpaired) electrons. The third kappa shape index (κ3) is 5.85. The maximum atomic E-state index is 12.3. The smallest absolute Gasteiger partial charge is 0.236 e. The summed E-state index contributed by atoms with van der Waals surface area (Å²) in [5.74, 6) is 1.07. The maximum Gasteiger partial charge on any atom is 0.236 e. The number of carbonyl (C=O) groups is 1. The van der Waals surface area contributed by atoms with E-state index in [0.717, 1.165) is 56.6 Å². The lowest BCUT2D eigenvalue weighted by atomic mass is 10.3. The number of ether oxygens (including phenoxy) is 2. The lowest BCUT2D eigenvalue weighted by Crippen LogP contribution is -2.52. The fourth-order valence-corrected chi connectivity index (χ4v) is 3.22. The number of hydrogen-bond donors (Lipinski definition) is 0. The summed E-state index contributed by atoms with van der Waals surface area (Å²) in [4.78, 5) is 18.8. The largest absolute Gasteiger partial charge is 0.492 e. The van der Waals surface area contributed by atoms with Gasteiger partial charge in [-0.3, -0.25) is 14.6 Å². The molecule has 0 atom stereocenters. The van der Waals surface area contributed by atoms with Crippen molar-refractivity contribution >= 4 is 17.5 Å². The van der Waals surface area contributed by atoms with Crippen molar-refractivity contribution in [3.05, 3.63) is 29.3 Å². The van der Waals surface area contributed by atoms with Crippen molar-refractivity contribution in [3.8, 4) is 5.75 Å². The van der Waals surface area contributed by atoms with Crippen molar-refractivity contribution in [1.82, 2.24) is 14.7 Å². The SMILES string of the molecule is O=C(CN1CCN(CCOc2ccc(Cl)cc2)CC1)N1CCOCC1. The van der Waals surface area contributed by atoms with Gasteiger partial charge in [-0.1, -0.05) is 11.6 Å². The molecule has 0 unspecified atom stereocenters. The topological polar surface area (TPSA) is 45.2 Å². The van der Waals surface area contributed by atoms with Crippen LogP contribution in [0.25, 0.3) is 0 Å². The molecule has 138 valence electrons. The summed E-state index contributed by atoms with van der Waals surface area (Å²) in [5.41, 5.74) is 0. The summed E-state index contributed by atoms with van der Waals surface area (Å²) in [5, 5.41) is 0.718. The summed E-state index contributed by atoms with van der Waals surface area (Å²) in [6.07, 6.45) is 0. The van der Waals surface area contributed by atoms with Crippen molar-refractivity contribution in [2.75, 3.05) is 72.2 Å². The summed E-state index contributed by atoms with van der Waals surface area (Å²) < 4.78 is 11.0. The van der Waals surface area contributed by atoms with Crippen LogP contribution < -0.4 is 4.74 Å². The standard InChI is InChI=1S/C18H26ClN3O3/c19-16-1-3-17(4-2-16)25-14-9-20-5-7-21(8-6-20)15-18(23)22-10-12-24-13-11-22/h1-4H,5-15H2. The van der Waals surface area contributed by atoms with Crippen LogP contribution in [-0.4, -0.2) is 92.8 Å². The van der Waals surface area contributed by atoms with Crippen molar-refractivity contribution in [1.29, 1.82) is 0 Å². The second-order valence-corrected chi connectivity index (χ2v) is 6.85. The minimum Gasteiger partial charge on any atom is -0.492 e. The molecule has 0 aliphatic carbocycles. The van der Waals surface area contributed by atoms with E-state index in [1.165, 1.54) is 0 Å². The molecule has 0 saturated carbocycles. The Bertz CT molecular complexity index is 541. The molecule has 1 amide bonds. The molecule has 1 aromatic rings. The highest BCUT2D eigenvalue weighted by molar-refractivity contribution is 6.30. The number of halogens is 1. The Labute approximate surface area is 154 Å². The molecular formula is C18H26ClN3O3. The number of rotatable bonds is 6. The van der Waals surface area contributed by atoms with E-state index in [4.69, 9.17) is 21.1 Å².